The fourth-order valence-corrected chi connectivity index (χ4v) is 4.27. The van der Waals surface area contributed by atoms with Crippen molar-refractivity contribution < 1.29 is 28.2 Å². The molecule has 0 aliphatic carbocycles. The van der Waals surface area contributed by atoms with Gasteiger partial charge in [0.25, 0.3) is 0 Å². The summed E-state index contributed by atoms with van der Waals surface area (Å²) in [6, 6.07) is 0. The van der Waals surface area contributed by atoms with Crippen molar-refractivity contribution in [3.63, 3.8) is 0 Å². The van der Waals surface area contributed by atoms with Crippen LogP contribution in [0.2, 0.25) is 0 Å². The molecule has 0 radical (unpaired) electrons. The van der Waals surface area contributed by atoms with Gasteiger partial charge in [-0.05, 0) is 12.8 Å². The van der Waals surface area contributed by atoms with Crippen LogP contribution in [0.25, 0.3) is 0 Å². The molecular formula is C20H36O6S. The van der Waals surface area contributed by atoms with Crippen LogP contribution in [0.5, 0.6) is 0 Å². The Morgan fingerprint density at radius 3 is 1.37 bits per heavy atom. The molecule has 6 nitrogen and oxygen atoms in total. The summed E-state index contributed by atoms with van der Waals surface area (Å²) >= 11 is 0. The van der Waals surface area contributed by atoms with Crippen molar-refractivity contribution in [2.24, 2.45) is 5.41 Å². The van der Waals surface area contributed by atoms with Gasteiger partial charge in [-0.25, -0.2) is 4.79 Å². The summed E-state index contributed by atoms with van der Waals surface area (Å²) in [4.78, 5) is 22.7. The van der Waals surface area contributed by atoms with Crippen LogP contribution >= 0.6 is 0 Å². The lowest BCUT2D eigenvalue weighted by atomic mass is 9.75. The first-order valence-corrected chi connectivity index (χ1v) is 11.3. The number of carbonyl (C=O) groups is 2. The number of carboxylic acids is 2. The Hall–Kier alpha value is -1.37. The average molecular weight is 405 g/mol. The standard InChI is InChI=1S/C20H36O6S/c1-3-5-7-9-11-13-15-20(19(23)24,17(18(21)22)27(25)26)16-14-12-10-8-6-4-2/h3-16H2,1-2H3,(H,21,22)(H,23,24). The van der Waals surface area contributed by atoms with Crippen molar-refractivity contribution in [2.45, 2.75) is 104 Å². The van der Waals surface area contributed by atoms with Gasteiger partial charge in [0.1, 0.15) is 5.41 Å². The lowest BCUT2D eigenvalue weighted by molar-refractivity contribution is -0.147. The summed E-state index contributed by atoms with van der Waals surface area (Å²) in [5, 5.41) is 19.2. The Balaban J connectivity index is 5.21. The average Bonchev–Trinajstić information content (AvgIpc) is 2.59. The number of carboxylic acid groups (broad SMARTS) is 2. The van der Waals surface area contributed by atoms with E-state index in [4.69, 9.17) is 0 Å². The molecule has 0 aliphatic rings. The van der Waals surface area contributed by atoms with E-state index >= 15 is 0 Å². The highest BCUT2D eigenvalue weighted by atomic mass is 32.2. The Bertz CT molecular complexity index is 555. The van der Waals surface area contributed by atoms with Crippen LogP contribution < -0.4 is 0 Å². The number of unbranched alkanes of at least 4 members (excludes halogenated alkanes) is 10. The molecule has 0 unspecified atom stereocenters. The molecule has 0 aromatic rings. The summed E-state index contributed by atoms with van der Waals surface area (Å²) in [5.41, 5.74) is -1.83. The van der Waals surface area contributed by atoms with Gasteiger partial charge >= 0.3 is 11.9 Å². The third-order valence-corrected chi connectivity index (χ3v) is 6.02. The second-order valence-corrected chi connectivity index (χ2v) is 8.17. The molecule has 0 rings (SSSR count). The highest BCUT2D eigenvalue weighted by Gasteiger charge is 2.47. The largest absolute Gasteiger partial charge is 0.481 e. The topological polar surface area (TPSA) is 109 Å². The molecule has 0 spiro atoms. The second kappa shape index (κ2) is 14.7. The summed E-state index contributed by atoms with van der Waals surface area (Å²) < 4.78 is 23.1. The quantitative estimate of drug-likeness (QED) is 0.269. The Kier molecular flexibility index (Phi) is 13.9. The van der Waals surface area contributed by atoms with Crippen molar-refractivity contribution in [2.75, 3.05) is 0 Å². The molecule has 0 aromatic carbocycles. The van der Waals surface area contributed by atoms with Crippen molar-refractivity contribution >= 4 is 27.1 Å². The summed E-state index contributed by atoms with van der Waals surface area (Å²) in [6.45, 7) is 4.21. The molecule has 0 heterocycles. The van der Waals surface area contributed by atoms with Gasteiger partial charge in [0.2, 0.25) is 10.3 Å². The van der Waals surface area contributed by atoms with E-state index in [-0.39, 0.29) is 12.8 Å². The lowest BCUT2D eigenvalue weighted by Crippen LogP contribution is -2.44. The van der Waals surface area contributed by atoms with E-state index in [9.17, 15) is 28.2 Å². The van der Waals surface area contributed by atoms with E-state index in [2.05, 4.69) is 13.8 Å². The van der Waals surface area contributed by atoms with Crippen LogP contribution in [0.4, 0.5) is 0 Å². The molecule has 27 heavy (non-hydrogen) atoms. The minimum absolute atomic E-state index is 0.0546. The molecule has 0 aromatic heterocycles. The van der Waals surface area contributed by atoms with Gasteiger partial charge in [0, 0.05) is 0 Å². The Labute approximate surface area is 164 Å². The van der Waals surface area contributed by atoms with Gasteiger partial charge < -0.3 is 10.2 Å². The molecule has 0 atom stereocenters. The van der Waals surface area contributed by atoms with Gasteiger partial charge in [-0.1, -0.05) is 90.9 Å². The molecule has 0 aliphatic heterocycles. The third kappa shape index (κ3) is 9.40. The lowest BCUT2D eigenvalue weighted by Gasteiger charge is -2.28. The maximum atomic E-state index is 12.0. The molecule has 0 saturated heterocycles. The first-order valence-electron chi connectivity index (χ1n) is 10.3. The molecule has 158 valence electrons. The Morgan fingerprint density at radius 1 is 0.704 bits per heavy atom. The molecule has 0 saturated carbocycles. The zero-order valence-corrected chi connectivity index (χ0v) is 17.7. The SMILES string of the molecule is CCCCCCCCC(CCCCCCCC)(C(=O)O)C(C(=O)O)=S(=O)=O. The van der Waals surface area contributed by atoms with Gasteiger partial charge in [-0.2, -0.15) is 8.42 Å². The number of aliphatic carboxylic acids is 2. The minimum atomic E-state index is -3.06. The van der Waals surface area contributed by atoms with E-state index in [1.54, 1.807) is 0 Å². The molecule has 0 amide bonds. The van der Waals surface area contributed by atoms with Crippen molar-refractivity contribution in [3.05, 3.63) is 0 Å². The van der Waals surface area contributed by atoms with E-state index < -0.39 is 32.5 Å². The number of rotatable bonds is 17. The summed E-state index contributed by atoms with van der Waals surface area (Å²) in [6.07, 6.45) is 11.1. The van der Waals surface area contributed by atoms with Crippen molar-refractivity contribution in [1.29, 1.82) is 0 Å². The van der Waals surface area contributed by atoms with Gasteiger partial charge in [-0.3, -0.25) is 4.79 Å². The van der Waals surface area contributed by atoms with Crippen LogP contribution in [0.3, 0.4) is 0 Å². The Morgan fingerprint density at radius 2 is 1.07 bits per heavy atom. The molecule has 2 N–H and O–H groups in total. The van der Waals surface area contributed by atoms with Crippen LogP contribution in [0.15, 0.2) is 0 Å². The maximum Gasteiger partial charge on any atom is 0.348 e. The van der Waals surface area contributed by atoms with Crippen LogP contribution in [0.1, 0.15) is 104 Å². The van der Waals surface area contributed by atoms with E-state index in [1.165, 1.54) is 0 Å². The normalized spacial score (nSPS) is 11.3. The monoisotopic (exact) mass is 404 g/mol. The molecule has 7 heteroatoms. The fourth-order valence-electron chi connectivity index (χ4n) is 3.51. The maximum absolute atomic E-state index is 12.0. The zero-order valence-electron chi connectivity index (χ0n) is 16.8. The minimum Gasteiger partial charge on any atom is -0.481 e. The fraction of sp³-hybridized carbons (Fsp3) is 0.850. The van der Waals surface area contributed by atoms with E-state index in [0.29, 0.717) is 12.8 Å². The van der Waals surface area contributed by atoms with Gasteiger partial charge in [0.05, 0.1) is 0 Å². The number of hydrogen-bond acceptors (Lipinski definition) is 4. The van der Waals surface area contributed by atoms with Crippen LogP contribution in [-0.2, 0) is 19.9 Å². The first-order chi connectivity index (χ1) is 12.8. The summed E-state index contributed by atoms with van der Waals surface area (Å²) in [7, 11) is -3.06. The molecule has 0 fully saturated rings. The van der Waals surface area contributed by atoms with E-state index in [1.807, 2.05) is 0 Å². The predicted molar refractivity (Wildman–Crippen MR) is 108 cm³/mol. The zero-order chi connectivity index (χ0) is 20.7. The highest BCUT2D eigenvalue weighted by Crippen LogP contribution is 2.34. The highest BCUT2D eigenvalue weighted by molar-refractivity contribution is 7.75. The van der Waals surface area contributed by atoms with E-state index in [0.717, 1.165) is 64.2 Å². The predicted octanol–water partition coefficient (Wildman–Crippen LogP) is 4.69. The second-order valence-electron chi connectivity index (χ2n) is 7.29. The van der Waals surface area contributed by atoms with Gasteiger partial charge in [0.15, 0.2) is 4.86 Å². The third-order valence-electron chi connectivity index (χ3n) is 5.12. The first kappa shape index (κ1) is 25.6. The molecular weight excluding hydrogens is 368 g/mol. The summed E-state index contributed by atoms with van der Waals surface area (Å²) in [5.74, 6) is -2.99. The van der Waals surface area contributed by atoms with Crippen molar-refractivity contribution in [1.82, 2.24) is 0 Å². The smallest absolute Gasteiger partial charge is 0.348 e. The van der Waals surface area contributed by atoms with Crippen molar-refractivity contribution in [3.8, 4) is 0 Å². The van der Waals surface area contributed by atoms with Crippen LogP contribution in [-0.4, -0.2) is 35.4 Å². The molecule has 0 bridgehead atoms. The van der Waals surface area contributed by atoms with Gasteiger partial charge in [-0.15, -0.1) is 0 Å². The van der Waals surface area contributed by atoms with Crippen LogP contribution in [0, 0.1) is 5.41 Å². The number of hydrogen-bond donors (Lipinski definition) is 2.